The SMILES string of the molecule is CCOC(=O)CSc1cnc(CC(=O)N2C[C@@]3(CCN(C(=O)OC)C3)c3cc(Br)ccc32)s1. The van der Waals surface area contributed by atoms with Crippen molar-refractivity contribution in [2.24, 2.45) is 0 Å². The van der Waals surface area contributed by atoms with Crippen LogP contribution in [0.25, 0.3) is 0 Å². The highest BCUT2D eigenvalue weighted by Crippen LogP contribution is 2.47. The van der Waals surface area contributed by atoms with Crippen LogP contribution >= 0.6 is 39.0 Å². The molecular weight excluding hydrogens is 530 g/mol. The number of hydrogen-bond donors (Lipinski definition) is 0. The minimum Gasteiger partial charge on any atom is -0.465 e. The Hall–Kier alpha value is -2.11. The van der Waals surface area contributed by atoms with E-state index in [4.69, 9.17) is 9.47 Å². The average molecular weight is 554 g/mol. The number of halogens is 1. The van der Waals surface area contributed by atoms with E-state index < -0.39 is 0 Å². The molecule has 8 nitrogen and oxygen atoms in total. The van der Waals surface area contributed by atoms with Crippen LogP contribution in [0.15, 0.2) is 33.1 Å². The summed E-state index contributed by atoms with van der Waals surface area (Å²) in [4.78, 5) is 44.9. The number of aromatic nitrogens is 1. The van der Waals surface area contributed by atoms with Crippen molar-refractivity contribution in [3.63, 3.8) is 0 Å². The van der Waals surface area contributed by atoms with Crippen LogP contribution in [0.3, 0.4) is 0 Å². The first kappa shape index (κ1) is 24.0. The Morgan fingerprint density at radius 3 is 2.88 bits per heavy atom. The summed E-state index contributed by atoms with van der Waals surface area (Å²) in [7, 11) is 1.38. The molecule has 0 aliphatic carbocycles. The maximum Gasteiger partial charge on any atom is 0.409 e. The number of esters is 1. The number of amides is 2. The number of nitrogens with zero attached hydrogens (tertiary/aromatic N) is 3. The summed E-state index contributed by atoms with van der Waals surface area (Å²) in [5, 5.41) is 0.702. The molecule has 0 saturated carbocycles. The number of methoxy groups -OCH3 is 1. The van der Waals surface area contributed by atoms with Crippen molar-refractivity contribution in [2.75, 3.05) is 44.0 Å². The predicted octanol–water partition coefficient (Wildman–Crippen LogP) is 3.86. The molecule has 33 heavy (non-hydrogen) atoms. The van der Waals surface area contributed by atoms with E-state index in [0.717, 1.165) is 26.4 Å². The van der Waals surface area contributed by atoms with Crippen LogP contribution < -0.4 is 4.90 Å². The van der Waals surface area contributed by atoms with Crippen LogP contribution in [0.5, 0.6) is 0 Å². The van der Waals surface area contributed by atoms with Gasteiger partial charge in [0.05, 0.1) is 36.3 Å². The summed E-state index contributed by atoms with van der Waals surface area (Å²) in [5.41, 5.74) is 1.64. The molecule has 1 aromatic carbocycles. The van der Waals surface area contributed by atoms with Gasteiger partial charge in [0.25, 0.3) is 0 Å². The number of carbonyl (C=O) groups excluding carboxylic acids is 3. The largest absolute Gasteiger partial charge is 0.465 e. The van der Waals surface area contributed by atoms with Crippen LogP contribution in [-0.2, 0) is 30.9 Å². The standard InChI is InChI=1S/C22H24BrN3O5S2/c1-3-31-19(28)11-32-20-10-24-17(33-20)9-18(27)26-13-22(6-7-25(12-22)21(29)30-2)15-8-14(23)4-5-16(15)26/h4-5,8,10H,3,6-7,9,11-13H2,1-2H3/t22-/m0/s1. The second kappa shape index (κ2) is 10.0. The molecule has 4 rings (SSSR count). The summed E-state index contributed by atoms with van der Waals surface area (Å²) in [6.45, 7) is 3.75. The van der Waals surface area contributed by atoms with Crippen LogP contribution in [0.4, 0.5) is 10.5 Å². The van der Waals surface area contributed by atoms with Crippen LogP contribution in [0.1, 0.15) is 23.9 Å². The van der Waals surface area contributed by atoms with Crippen LogP contribution in [0, 0.1) is 0 Å². The van der Waals surface area contributed by atoms with Gasteiger partial charge in [0.1, 0.15) is 5.01 Å². The molecular formula is C22H24BrN3O5S2. The average Bonchev–Trinajstić information content (AvgIpc) is 3.51. The molecule has 2 aliphatic heterocycles. The third-order valence-corrected chi connectivity index (χ3v) is 8.50. The number of hydrogen-bond acceptors (Lipinski definition) is 8. The molecule has 1 saturated heterocycles. The number of ether oxygens (including phenoxy) is 2. The second-order valence-electron chi connectivity index (χ2n) is 7.91. The van der Waals surface area contributed by atoms with Gasteiger partial charge in [-0.3, -0.25) is 9.59 Å². The Kier molecular flexibility index (Phi) is 7.30. The summed E-state index contributed by atoms with van der Waals surface area (Å²) in [6, 6.07) is 5.94. The second-order valence-corrected chi connectivity index (χ2v) is 11.2. The number of rotatable bonds is 6. The van der Waals surface area contributed by atoms with Crippen molar-refractivity contribution in [1.82, 2.24) is 9.88 Å². The lowest BCUT2D eigenvalue weighted by atomic mass is 9.81. The number of anilines is 1. The molecule has 1 aromatic heterocycles. The van der Waals surface area contributed by atoms with Crippen molar-refractivity contribution >= 4 is 62.7 Å². The monoisotopic (exact) mass is 553 g/mol. The highest BCUT2D eigenvalue weighted by atomic mass is 79.9. The summed E-state index contributed by atoms with van der Waals surface area (Å²) in [5.74, 6) is -0.0868. The van der Waals surface area contributed by atoms with Gasteiger partial charge in [-0.2, -0.15) is 0 Å². The van der Waals surface area contributed by atoms with Crippen LogP contribution in [-0.4, -0.2) is 67.0 Å². The molecule has 2 aromatic rings. The molecule has 3 heterocycles. The van der Waals surface area contributed by atoms with Gasteiger partial charge >= 0.3 is 12.1 Å². The quantitative estimate of drug-likeness (QED) is 0.396. The Labute approximate surface area is 208 Å². The maximum absolute atomic E-state index is 13.3. The number of carbonyl (C=O) groups is 3. The normalized spacial score (nSPS) is 19.1. The number of benzene rings is 1. The van der Waals surface area contributed by atoms with Gasteiger partial charge in [0, 0.05) is 35.2 Å². The first-order valence-electron chi connectivity index (χ1n) is 10.5. The zero-order chi connectivity index (χ0) is 23.6. The highest BCUT2D eigenvalue weighted by Gasteiger charge is 2.50. The van der Waals surface area contributed by atoms with E-state index >= 15 is 0 Å². The first-order valence-corrected chi connectivity index (χ1v) is 13.1. The summed E-state index contributed by atoms with van der Waals surface area (Å²) < 4.78 is 11.7. The molecule has 2 aliphatic rings. The van der Waals surface area contributed by atoms with E-state index in [9.17, 15) is 14.4 Å². The predicted molar refractivity (Wildman–Crippen MR) is 130 cm³/mol. The molecule has 11 heteroatoms. The Morgan fingerprint density at radius 2 is 2.12 bits per heavy atom. The molecule has 1 spiro atoms. The van der Waals surface area contributed by atoms with E-state index in [1.54, 1.807) is 18.0 Å². The number of likely N-dealkylation sites (tertiary alicyclic amines) is 1. The fourth-order valence-corrected chi connectivity index (χ4v) is 6.54. The van der Waals surface area contributed by atoms with Crippen LogP contribution in [0.2, 0.25) is 0 Å². The number of thioether (sulfide) groups is 1. The Bertz CT molecular complexity index is 1080. The Balaban J connectivity index is 1.48. The molecule has 1 atom stereocenters. The van der Waals surface area contributed by atoms with E-state index in [2.05, 4.69) is 27.0 Å². The van der Waals surface area contributed by atoms with E-state index in [0.29, 0.717) is 31.2 Å². The van der Waals surface area contributed by atoms with E-state index in [-0.39, 0.29) is 35.6 Å². The zero-order valence-electron chi connectivity index (χ0n) is 18.3. The summed E-state index contributed by atoms with van der Waals surface area (Å²) >= 11 is 6.32. The van der Waals surface area contributed by atoms with Gasteiger partial charge in [-0.1, -0.05) is 15.9 Å². The highest BCUT2D eigenvalue weighted by molar-refractivity contribution is 9.10. The topological polar surface area (TPSA) is 89.0 Å². The van der Waals surface area contributed by atoms with Gasteiger partial charge in [-0.15, -0.1) is 23.1 Å². The smallest absolute Gasteiger partial charge is 0.409 e. The van der Waals surface area contributed by atoms with Gasteiger partial charge in [-0.25, -0.2) is 9.78 Å². The first-order chi connectivity index (χ1) is 15.8. The van der Waals surface area contributed by atoms with Crippen molar-refractivity contribution < 1.29 is 23.9 Å². The van der Waals surface area contributed by atoms with Gasteiger partial charge < -0.3 is 19.3 Å². The fraction of sp³-hybridized carbons (Fsp3) is 0.455. The molecule has 176 valence electrons. The summed E-state index contributed by atoms with van der Waals surface area (Å²) in [6.07, 6.45) is 2.29. The zero-order valence-corrected chi connectivity index (χ0v) is 21.6. The maximum atomic E-state index is 13.3. The number of fused-ring (bicyclic) bond motifs is 2. The number of thiazole rings is 1. The van der Waals surface area contributed by atoms with Gasteiger partial charge in [-0.05, 0) is 37.1 Å². The lowest BCUT2D eigenvalue weighted by molar-refractivity contribution is -0.139. The van der Waals surface area contributed by atoms with Crippen molar-refractivity contribution in [3.05, 3.63) is 39.4 Å². The lowest BCUT2D eigenvalue weighted by Gasteiger charge is -2.25. The minimum absolute atomic E-state index is 0.0386. The van der Waals surface area contributed by atoms with Gasteiger partial charge in [0.2, 0.25) is 5.91 Å². The molecule has 0 bridgehead atoms. The molecule has 0 unspecified atom stereocenters. The third kappa shape index (κ3) is 5.04. The fourth-order valence-electron chi connectivity index (χ4n) is 4.37. The van der Waals surface area contributed by atoms with E-state index in [1.165, 1.54) is 30.2 Å². The van der Waals surface area contributed by atoms with Gasteiger partial charge in [0.15, 0.2) is 0 Å². The minimum atomic E-state index is -0.344. The third-order valence-electron chi connectivity index (χ3n) is 5.84. The molecule has 0 N–H and O–H groups in total. The molecule has 0 radical (unpaired) electrons. The lowest BCUT2D eigenvalue weighted by Crippen LogP contribution is -2.40. The van der Waals surface area contributed by atoms with Crippen molar-refractivity contribution in [1.29, 1.82) is 0 Å². The van der Waals surface area contributed by atoms with E-state index in [1.807, 2.05) is 17.0 Å². The molecule has 2 amide bonds. The Morgan fingerprint density at radius 1 is 1.30 bits per heavy atom. The van der Waals surface area contributed by atoms with Crippen molar-refractivity contribution in [3.8, 4) is 0 Å². The molecule has 1 fully saturated rings. The van der Waals surface area contributed by atoms with Crippen molar-refractivity contribution in [2.45, 2.75) is 29.4 Å².